The largest absolute Gasteiger partial charge is 0.476 e. The highest BCUT2D eigenvalue weighted by Crippen LogP contribution is 2.10. The van der Waals surface area contributed by atoms with Crippen LogP contribution in [0.4, 0.5) is 0 Å². The van der Waals surface area contributed by atoms with Gasteiger partial charge in [0.25, 0.3) is 0 Å². The first-order valence-electron chi connectivity index (χ1n) is 3.91. The van der Waals surface area contributed by atoms with Crippen molar-refractivity contribution in [3.8, 4) is 0 Å². The van der Waals surface area contributed by atoms with E-state index in [2.05, 4.69) is 4.98 Å². The van der Waals surface area contributed by atoms with E-state index in [-0.39, 0.29) is 5.69 Å². The lowest BCUT2D eigenvalue weighted by Crippen LogP contribution is -2.00. The second-order valence-corrected chi connectivity index (χ2v) is 2.53. The van der Waals surface area contributed by atoms with Crippen molar-refractivity contribution < 1.29 is 14.3 Å². The lowest BCUT2D eigenvalue weighted by atomic mass is 10.2. The van der Waals surface area contributed by atoms with E-state index in [0.717, 1.165) is 12.8 Å². The molecule has 0 saturated heterocycles. The van der Waals surface area contributed by atoms with Gasteiger partial charge in [-0.2, -0.15) is 0 Å². The number of carboxylic acids is 1. The van der Waals surface area contributed by atoms with E-state index in [1.54, 1.807) is 0 Å². The van der Waals surface area contributed by atoms with Crippen LogP contribution in [0.1, 0.15) is 36.0 Å². The minimum atomic E-state index is -1.02. The SMILES string of the molecule is CCCCc1ocnc1C(=O)O. The maximum atomic E-state index is 10.5. The Hall–Kier alpha value is -1.32. The van der Waals surface area contributed by atoms with Crippen molar-refractivity contribution in [1.82, 2.24) is 4.98 Å². The number of oxazole rings is 1. The van der Waals surface area contributed by atoms with Gasteiger partial charge in [-0.25, -0.2) is 9.78 Å². The summed E-state index contributed by atoms with van der Waals surface area (Å²) in [4.78, 5) is 14.1. The van der Waals surface area contributed by atoms with Gasteiger partial charge in [0.2, 0.25) is 0 Å². The van der Waals surface area contributed by atoms with E-state index in [9.17, 15) is 4.79 Å². The van der Waals surface area contributed by atoms with E-state index in [0.29, 0.717) is 12.2 Å². The summed E-state index contributed by atoms with van der Waals surface area (Å²) in [5.74, 6) is -0.542. The van der Waals surface area contributed by atoms with Crippen LogP contribution >= 0.6 is 0 Å². The van der Waals surface area contributed by atoms with Crippen LogP contribution in [-0.4, -0.2) is 16.1 Å². The van der Waals surface area contributed by atoms with Crippen LogP contribution in [0.3, 0.4) is 0 Å². The van der Waals surface area contributed by atoms with E-state index in [1.807, 2.05) is 6.92 Å². The molecule has 0 unspecified atom stereocenters. The first-order valence-corrected chi connectivity index (χ1v) is 3.91. The minimum Gasteiger partial charge on any atom is -0.476 e. The Bertz CT molecular complexity index is 267. The molecular weight excluding hydrogens is 158 g/mol. The van der Waals surface area contributed by atoms with Gasteiger partial charge in [0.1, 0.15) is 5.76 Å². The molecule has 0 radical (unpaired) electrons. The summed E-state index contributed by atoms with van der Waals surface area (Å²) in [6.45, 7) is 2.04. The standard InChI is InChI=1S/C8H11NO3/c1-2-3-4-6-7(8(10)11)9-5-12-6/h5H,2-4H2,1H3,(H,10,11). The van der Waals surface area contributed by atoms with Gasteiger partial charge in [-0.05, 0) is 6.42 Å². The lowest BCUT2D eigenvalue weighted by Gasteiger charge is -1.94. The molecule has 1 aromatic heterocycles. The molecule has 66 valence electrons. The number of carbonyl (C=O) groups is 1. The number of rotatable bonds is 4. The fourth-order valence-electron chi connectivity index (χ4n) is 0.960. The molecule has 12 heavy (non-hydrogen) atoms. The molecule has 0 bridgehead atoms. The third-order valence-corrected chi connectivity index (χ3v) is 1.60. The average Bonchev–Trinajstić information content (AvgIpc) is 2.48. The number of hydrogen-bond acceptors (Lipinski definition) is 3. The maximum absolute atomic E-state index is 10.5. The fraction of sp³-hybridized carbons (Fsp3) is 0.500. The average molecular weight is 169 g/mol. The van der Waals surface area contributed by atoms with Crippen molar-refractivity contribution in [2.45, 2.75) is 26.2 Å². The minimum absolute atomic E-state index is 0.0449. The van der Waals surface area contributed by atoms with Gasteiger partial charge in [0, 0.05) is 6.42 Å². The van der Waals surface area contributed by atoms with Gasteiger partial charge in [-0.1, -0.05) is 13.3 Å². The number of nitrogens with zero attached hydrogens (tertiary/aromatic N) is 1. The number of carboxylic acid groups (broad SMARTS) is 1. The molecule has 1 rings (SSSR count). The van der Waals surface area contributed by atoms with Crippen LogP contribution in [0.5, 0.6) is 0 Å². The highest BCUT2D eigenvalue weighted by Gasteiger charge is 2.13. The Labute approximate surface area is 70.2 Å². The summed E-state index contributed by atoms with van der Waals surface area (Å²) < 4.78 is 4.94. The van der Waals surface area contributed by atoms with Gasteiger partial charge in [-0.15, -0.1) is 0 Å². The van der Waals surface area contributed by atoms with Crippen LogP contribution in [-0.2, 0) is 6.42 Å². The third-order valence-electron chi connectivity index (χ3n) is 1.60. The van der Waals surface area contributed by atoms with Gasteiger partial charge in [-0.3, -0.25) is 0 Å². The molecule has 0 atom stereocenters. The van der Waals surface area contributed by atoms with Crippen LogP contribution in [0, 0.1) is 0 Å². The van der Waals surface area contributed by atoms with Crippen molar-refractivity contribution in [3.05, 3.63) is 17.8 Å². The molecule has 0 aliphatic rings. The van der Waals surface area contributed by atoms with Crippen LogP contribution < -0.4 is 0 Å². The lowest BCUT2D eigenvalue weighted by molar-refractivity contribution is 0.0688. The van der Waals surface area contributed by atoms with E-state index in [4.69, 9.17) is 9.52 Å². The first kappa shape index (κ1) is 8.77. The zero-order valence-electron chi connectivity index (χ0n) is 6.91. The third kappa shape index (κ3) is 1.84. The summed E-state index contributed by atoms with van der Waals surface area (Å²) in [5.41, 5.74) is 0.0449. The van der Waals surface area contributed by atoms with Gasteiger partial charge >= 0.3 is 5.97 Å². The second-order valence-electron chi connectivity index (χ2n) is 2.53. The van der Waals surface area contributed by atoms with Crippen molar-refractivity contribution >= 4 is 5.97 Å². The zero-order valence-corrected chi connectivity index (χ0v) is 6.91. The van der Waals surface area contributed by atoms with Crippen LogP contribution in [0.15, 0.2) is 10.8 Å². The molecule has 4 nitrogen and oxygen atoms in total. The highest BCUT2D eigenvalue weighted by atomic mass is 16.4. The Kier molecular flexibility index (Phi) is 2.85. The van der Waals surface area contributed by atoms with E-state index >= 15 is 0 Å². The summed E-state index contributed by atoms with van der Waals surface area (Å²) in [6, 6.07) is 0. The smallest absolute Gasteiger partial charge is 0.358 e. The molecule has 0 saturated carbocycles. The topological polar surface area (TPSA) is 63.3 Å². The molecule has 1 aromatic rings. The number of aromatic nitrogens is 1. The van der Waals surface area contributed by atoms with Crippen LogP contribution in [0.2, 0.25) is 0 Å². The van der Waals surface area contributed by atoms with Crippen LogP contribution in [0.25, 0.3) is 0 Å². The normalized spacial score (nSPS) is 10.1. The Morgan fingerprint density at radius 1 is 1.75 bits per heavy atom. The molecule has 0 spiro atoms. The number of aryl methyl sites for hydroxylation is 1. The summed E-state index contributed by atoms with van der Waals surface area (Å²) in [5, 5.41) is 8.63. The van der Waals surface area contributed by atoms with Crippen molar-refractivity contribution in [2.24, 2.45) is 0 Å². The number of hydrogen-bond donors (Lipinski definition) is 1. The van der Waals surface area contributed by atoms with E-state index < -0.39 is 5.97 Å². The Morgan fingerprint density at radius 2 is 2.50 bits per heavy atom. The van der Waals surface area contributed by atoms with Crippen molar-refractivity contribution in [3.63, 3.8) is 0 Å². The summed E-state index contributed by atoms with van der Waals surface area (Å²) >= 11 is 0. The predicted octanol–water partition coefficient (Wildman–Crippen LogP) is 1.72. The molecular formula is C8H11NO3. The molecule has 0 fully saturated rings. The molecule has 0 amide bonds. The molecule has 0 aliphatic heterocycles. The quantitative estimate of drug-likeness (QED) is 0.745. The van der Waals surface area contributed by atoms with Gasteiger partial charge < -0.3 is 9.52 Å². The predicted molar refractivity (Wildman–Crippen MR) is 42.1 cm³/mol. The number of unbranched alkanes of at least 4 members (excludes halogenated alkanes) is 1. The van der Waals surface area contributed by atoms with Crippen molar-refractivity contribution in [1.29, 1.82) is 0 Å². The second kappa shape index (κ2) is 3.90. The molecule has 0 aromatic carbocycles. The maximum Gasteiger partial charge on any atom is 0.358 e. The van der Waals surface area contributed by atoms with E-state index in [1.165, 1.54) is 6.39 Å². The molecule has 4 heteroatoms. The summed E-state index contributed by atoms with van der Waals surface area (Å²) in [6.07, 6.45) is 3.77. The Morgan fingerprint density at radius 3 is 3.08 bits per heavy atom. The molecule has 0 aliphatic carbocycles. The summed E-state index contributed by atoms with van der Waals surface area (Å²) in [7, 11) is 0. The molecule has 1 N–H and O–H groups in total. The van der Waals surface area contributed by atoms with Gasteiger partial charge in [0.15, 0.2) is 12.1 Å². The highest BCUT2D eigenvalue weighted by molar-refractivity contribution is 5.86. The van der Waals surface area contributed by atoms with Crippen molar-refractivity contribution in [2.75, 3.05) is 0 Å². The first-order chi connectivity index (χ1) is 5.75. The van der Waals surface area contributed by atoms with Gasteiger partial charge in [0.05, 0.1) is 0 Å². The fourth-order valence-corrected chi connectivity index (χ4v) is 0.960. The zero-order chi connectivity index (χ0) is 8.97. The number of aromatic carboxylic acids is 1. The molecule has 1 heterocycles. The Balaban J connectivity index is 2.70. The monoisotopic (exact) mass is 169 g/mol.